The number of fused-ring (bicyclic) bond motifs is 1. The lowest BCUT2D eigenvalue weighted by Gasteiger charge is -2.43. The van der Waals surface area contributed by atoms with Gasteiger partial charge >= 0.3 is 24.2 Å². The number of hydrogen-bond donors (Lipinski definition) is 2. The molecule has 1 saturated heterocycles. The fourth-order valence-electron chi connectivity index (χ4n) is 5.18. The van der Waals surface area contributed by atoms with Crippen molar-refractivity contribution in [2.75, 3.05) is 18.1 Å². The zero-order valence-corrected chi connectivity index (χ0v) is 25.6. The molecule has 0 bridgehead atoms. The number of aromatic nitrogens is 1. The zero-order chi connectivity index (χ0) is 32.5. The van der Waals surface area contributed by atoms with Crippen molar-refractivity contribution in [3.63, 3.8) is 0 Å². The number of carbonyl (C=O) groups excluding carboxylic acids is 4. The number of nitrogens with one attached hydrogen (secondary N) is 1. The molecule has 0 spiro atoms. The Morgan fingerprint density at radius 2 is 1.62 bits per heavy atom. The number of aliphatic carboxylic acids is 1. The molecular weight excluding hydrogens is 580 g/mol. The first-order valence-corrected chi connectivity index (χ1v) is 15.1. The van der Waals surface area contributed by atoms with Crippen LogP contribution in [-0.2, 0) is 25.5 Å². The van der Waals surface area contributed by atoms with Gasteiger partial charge in [0, 0.05) is 6.20 Å². The number of urea groups is 1. The second-order valence-corrected chi connectivity index (χ2v) is 10.8. The molecule has 3 atom stereocenters. The van der Waals surface area contributed by atoms with Crippen LogP contribution in [0.15, 0.2) is 60.8 Å². The summed E-state index contributed by atoms with van der Waals surface area (Å²) in [4.78, 5) is 69.9. The molecule has 0 saturated carbocycles. The van der Waals surface area contributed by atoms with E-state index in [2.05, 4.69) is 10.3 Å². The van der Waals surface area contributed by atoms with Gasteiger partial charge in [-0.1, -0.05) is 69.2 Å². The lowest BCUT2D eigenvalue weighted by Crippen LogP contribution is -2.68. The summed E-state index contributed by atoms with van der Waals surface area (Å²) in [6.45, 7) is 5.82. The number of β-lactam (4-membered cyclic amide) rings is 1. The van der Waals surface area contributed by atoms with Crippen molar-refractivity contribution in [3.05, 3.63) is 71.9 Å². The van der Waals surface area contributed by atoms with Crippen LogP contribution in [0.2, 0.25) is 0 Å². The molecule has 2 N–H and O–H groups in total. The van der Waals surface area contributed by atoms with Crippen LogP contribution in [0.25, 0.3) is 10.8 Å². The number of benzene rings is 2. The molecule has 1 aliphatic heterocycles. The number of pyridine rings is 1. The Bertz CT molecular complexity index is 1530. The van der Waals surface area contributed by atoms with Gasteiger partial charge in [-0.2, -0.15) is 4.90 Å². The van der Waals surface area contributed by atoms with Gasteiger partial charge in [0.15, 0.2) is 6.04 Å². The van der Waals surface area contributed by atoms with Crippen molar-refractivity contribution >= 4 is 46.7 Å². The second-order valence-electron chi connectivity index (χ2n) is 10.8. The van der Waals surface area contributed by atoms with Crippen molar-refractivity contribution in [3.8, 4) is 0 Å². The van der Waals surface area contributed by atoms with Crippen LogP contribution < -0.4 is 10.2 Å². The summed E-state index contributed by atoms with van der Waals surface area (Å²) in [5.41, 5.74) is 1.26. The van der Waals surface area contributed by atoms with Gasteiger partial charge in [-0.15, -0.1) is 0 Å². The number of carboxylic acid groups (broad SMARTS) is 1. The van der Waals surface area contributed by atoms with Gasteiger partial charge in [-0.3, -0.25) is 4.79 Å². The number of anilines is 1. The van der Waals surface area contributed by atoms with E-state index in [1.807, 2.05) is 56.3 Å². The average molecular weight is 619 g/mol. The van der Waals surface area contributed by atoms with Gasteiger partial charge in [0.25, 0.3) is 0 Å². The van der Waals surface area contributed by atoms with Crippen molar-refractivity contribution in [1.82, 2.24) is 15.2 Å². The number of ether oxygens (including phenoxy) is 2. The summed E-state index contributed by atoms with van der Waals surface area (Å²) >= 11 is 0. The van der Waals surface area contributed by atoms with Crippen LogP contribution in [-0.4, -0.2) is 64.3 Å². The Hall–Kier alpha value is -5.00. The highest BCUT2D eigenvalue weighted by molar-refractivity contribution is 6.09. The van der Waals surface area contributed by atoms with E-state index in [-0.39, 0.29) is 25.5 Å². The molecule has 2 heterocycles. The predicted molar refractivity (Wildman–Crippen MR) is 166 cm³/mol. The van der Waals surface area contributed by atoms with E-state index in [9.17, 15) is 29.1 Å². The van der Waals surface area contributed by atoms with Crippen LogP contribution in [0, 0.1) is 5.92 Å². The molecule has 0 radical (unpaired) electrons. The van der Waals surface area contributed by atoms with E-state index in [0.717, 1.165) is 34.1 Å². The first-order chi connectivity index (χ1) is 21.7. The zero-order valence-electron chi connectivity index (χ0n) is 25.6. The quantitative estimate of drug-likeness (QED) is 0.188. The summed E-state index contributed by atoms with van der Waals surface area (Å²) in [6.07, 6.45) is 2.11. The van der Waals surface area contributed by atoms with Crippen molar-refractivity contribution in [2.45, 2.75) is 65.0 Å². The Morgan fingerprint density at radius 3 is 2.27 bits per heavy atom. The minimum atomic E-state index is -1.41. The predicted octanol–water partition coefficient (Wildman–Crippen LogP) is 5.84. The van der Waals surface area contributed by atoms with Gasteiger partial charge in [0.05, 0.1) is 25.2 Å². The molecule has 2 aromatic carbocycles. The van der Waals surface area contributed by atoms with Crippen LogP contribution >= 0.6 is 0 Å². The van der Waals surface area contributed by atoms with Crippen LogP contribution in [0.1, 0.15) is 63.6 Å². The smallest absolute Gasteiger partial charge is 0.425 e. The first-order valence-electron chi connectivity index (χ1n) is 15.1. The fourth-order valence-corrected chi connectivity index (χ4v) is 5.18. The number of amides is 5. The second kappa shape index (κ2) is 15.1. The van der Waals surface area contributed by atoms with Crippen molar-refractivity contribution in [1.29, 1.82) is 0 Å². The number of nitrogens with zero attached hydrogens (tertiary/aromatic N) is 3. The average Bonchev–Trinajstić information content (AvgIpc) is 3.02. The number of rotatable bonds is 12. The third kappa shape index (κ3) is 7.57. The number of carbonyl (C=O) groups is 5. The molecule has 1 aromatic heterocycles. The fraction of sp³-hybridized carbons (Fsp3) is 0.394. The number of carboxylic acids is 1. The lowest BCUT2D eigenvalue weighted by molar-refractivity contribution is -0.165. The minimum Gasteiger partial charge on any atom is -0.480 e. The monoisotopic (exact) mass is 618 g/mol. The summed E-state index contributed by atoms with van der Waals surface area (Å²) in [6, 6.07) is 13.6. The van der Waals surface area contributed by atoms with Crippen LogP contribution in [0.4, 0.5) is 20.2 Å². The topological polar surface area (TPSA) is 155 Å². The molecule has 0 aliphatic carbocycles. The van der Waals surface area contributed by atoms with E-state index in [0.29, 0.717) is 23.3 Å². The summed E-state index contributed by atoms with van der Waals surface area (Å²) in [7, 11) is 0. The van der Waals surface area contributed by atoms with Gasteiger partial charge in [-0.05, 0) is 60.2 Å². The maximum absolute atomic E-state index is 13.2. The summed E-state index contributed by atoms with van der Waals surface area (Å²) in [5.74, 6) is -3.13. The highest BCUT2D eigenvalue weighted by atomic mass is 16.6. The standard InChI is InChI=1S/C33H38N4O8/c1-4-6-17-44-32(42)36(33(43)45-18-7-5-2)27-20-22(15-16-34-27)19-26-28(30(39)40)37(29(26)38)31(41)35-21(3)24-14-10-12-23-11-8-9-13-25(23)24/h8-16,20-21,26,28H,4-7,17-19H2,1-3H3,(H,35,41)(H,39,40)/t21-,26-,28+/m1/s1. The highest BCUT2D eigenvalue weighted by Crippen LogP contribution is 2.32. The van der Waals surface area contributed by atoms with Crippen molar-refractivity contribution in [2.24, 2.45) is 5.92 Å². The molecule has 45 heavy (non-hydrogen) atoms. The normalized spacial score (nSPS) is 16.4. The molecule has 4 rings (SSSR count). The molecular formula is C33H38N4O8. The lowest BCUT2D eigenvalue weighted by atomic mass is 9.82. The Morgan fingerprint density at radius 1 is 0.978 bits per heavy atom. The van der Waals surface area contributed by atoms with E-state index in [1.165, 1.54) is 12.3 Å². The van der Waals surface area contributed by atoms with Gasteiger partial charge in [0.2, 0.25) is 5.91 Å². The summed E-state index contributed by atoms with van der Waals surface area (Å²) in [5, 5.41) is 14.7. The largest absolute Gasteiger partial charge is 0.480 e. The molecule has 3 aromatic rings. The molecule has 12 nitrogen and oxygen atoms in total. The van der Waals surface area contributed by atoms with E-state index in [4.69, 9.17) is 9.47 Å². The SMILES string of the molecule is CCCCOC(=O)N(C(=O)OCCCC)c1cc(C[C@H]2C(=O)N(C(=O)N[C@H](C)c3cccc4ccccc34)[C@@H]2C(=O)O)ccn1. The molecule has 0 unspecified atom stereocenters. The van der Waals surface area contributed by atoms with Crippen LogP contribution in [0.5, 0.6) is 0 Å². The molecule has 5 amide bonds. The van der Waals surface area contributed by atoms with Crippen LogP contribution in [0.3, 0.4) is 0 Å². The minimum absolute atomic E-state index is 0.0718. The summed E-state index contributed by atoms with van der Waals surface area (Å²) < 4.78 is 10.5. The third-order valence-electron chi connectivity index (χ3n) is 7.62. The van der Waals surface area contributed by atoms with Gasteiger partial charge < -0.3 is 19.9 Å². The van der Waals surface area contributed by atoms with Gasteiger partial charge in [-0.25, -0.2) is 29.1 Å². The first kappa shape index (κ1) is 32.9. The Balaban J connectivity index is 1.49. The number of likely N-dealkylation sites (tertiary alicyclic amines) is 1. The Labute approximate surface area is 261 Å². The molecule has 1 fully saturated rings. The van der Waals surface area contributed by atoms with Crippen molar-refractivity contribution < 1.29 is 38.6 Å². The highest BCUT2D eigenvalue weighted by Gasteiger charge is 2.54. The number of unbranched alkanes of at least 4 members (excludes halogenated alkanes) is 2. The number of hydrogen-bond acceptors (Lipinski definition) is 8. The molecule has 12 heteroatoms. The van der Waals surface area contributed by atoms with E-state index in [1.54, 1.807) is 13.0 Å². The van der Waals surface area contributed by atoms with E-state index < -0.39 is 48.1 Å². The molecule has 238 valence electrons. The maximum atomic E-state index is 13.2. The number of imide groups is 2. The maximum Gasteiger partial charge on any atom is 0.425 e. The molecule has 1 aliphatic rings. The Kier molecular flexibility index (Phi) is 11.1. The van der Waals surface area contributed by atoms with E-state index >= 15 is 0 Å². The van der Waals surface area contributed by atoms with Gasteiger partial charge in [0.1, 0.15) is 5.82 Å². The third-order valence-corrected chi connectivity index (χ3v) is 7.62.